The van der Waals surface area contributed by atoms with Crippen LogP contribution in [0.1, 0.15) is 10.4 Å². The highest BCUT2D eigenvalue weighted by Crippen LogP contribution is 2.26. The normalized spacial score (nSPS) is 21.9. The first-order valence-electron chi connectivity index (χ1n) is 5.92. The zero-order valence-corrected chi connectivity index (χ0v) is 10.7. The van der Waals surface area contributed by atoms with Gasteiger partial charge in [0.15, 0.2) is 0 Å². The summed E-state index contributed by atoms with van der Waals surface area (Å²) in [5, 5.41) is 29.7. The number of benzene rings is 1. The fraction of sp³-hybridized carbons (Fsp3) is 0.417. The number of likely N-dealkylation sites (tertiary alicyclic amines) is 1. The third kappa shape index (κ3) is 2.56. The zero-order chi connectivity index (χ0) is 14.9. The second kappa shape index (κ2) is 5.43. The molecule has 0 spiro atoms. The molecular formula is C12H14N2O6. The number of non-ortho nitro benzene ring substituents is 1. The number of aliphatic hydroxyl groups is 2. The Bertz CT molecular complexity index is 537. The monoisotopic (exact) mass is 282 g/mol. The van der Waals surface area contributed by atoms with E-state index >= 15 is 0 Å². The SMILES string of the molecule is COc1ccc([N+](=O)[O-])cc1C(=O)N1C[C@@H](O)[C@@H](O)C1. The van der Waals surface area contributed by atoms with E-state index in [1.165, 1.54) is 24.1 Å². The van der Waals surface area contributed by atoms with Gasteiger partial charge in [-0.25, -0.2) is 0 Å². The van der Waals surface area contributed by atoms with Gasteiger partial charge in [-0.05, 0) is 6.07 Å². The summed E-state index contributed by atoms with van der Waals surface area (Å²) in [6.07, 6.45) is -2.02. The molecule has 8 heteroatoms. The number of methoxy groups -OCH3 is 1. The van der Waals surface area contributed by atoms with Crippen molar-refractivity contribution in [2.24, 2.45) is 0 Å². The summed E-state index contributed by atoms with van der Waals surface area (Å²) < 4.78 is 5.02. The largest absolute Gasteiger partial charge is 0.496 e. The lowest BCUT2D eigenvalue weighted by Crippen LogP contribution is -2.30. The van der Waals surface area contributed by atoms with E-state index in [9.17, 15) is 25.1 Å². The van der Waals surface area contributed by atoms with Gasteiger partial charge in [-0.3, -0.25) is 14.9 Å². The van der Waals surface area contributed by atoms with Gasteiger partial charge in [-0.15, -0.1) is 0 Å². The number of nitro groups is 1. The Balaban J connectivity index is 2.33. The first-order valence-corrected chi connectivity index (χ1v) is 5.92. The van der Waals surface area contributed by atoms with Crippen molar-refractivity contribution in [3.63, 3.8) is 0 Å². The molecule has 108 valence electrons. The standard InChI is InChI=1S/C12H14N2O6/c1-20-11-3-2-7(14(18)19)4-8(11)12(17)13-5-9(15)10(16)6-13/h2-4,9-10,15-16H,5-6H2,1H3/t9-,10+. The minimum absolute atomic E-state index is 0.0220. The van der Waals surface area contributed by atoms with Crippen molar-refractivity contribution < 1.29 is 24.7 Å². The van der Waals surface area contributed by atoms with Crippen LogP contribution in [0.25, 0.3) is 0 Å². The summed E-state index contributed by atoms with van der Waals surface area (Å²) >= 11 is 0. The van der Waals surface area contributed by atoms with E-state index in [-0.39, 0.29) is 30.1 Å². The summed E-state index contributed by atoms with van der Waals surface area (Å²) in [6.45, 7) is -0.0440. The molecular weight excluding hydrogens is 268 g/mol. The molecule has 1 saturated heterocycles. The molecule has 1 aromatic carbocycles. The molecule has 1 fully saturated rings. The van der Waals surface area contributed by atoms with Crippen molar-refractivity contribution in [3.8, 4) is 5.75 Å². The van der Waals surface area contributed by atoms with Crippen LogP contribution in [0.4, 0.5) is 5.69 Å². The van der Waals surface area contributed by atoms with Crippen LogP contribution in [0.2, 0.25) is 0 Å². The van der Waals surface area contributed by atoms with Crippen molar-refractivity contribution in [3.05, 3.63) is 33.9 Å². The smallest absolute Gasteiger partial charge is 0.270 e. The van der Waals surface area contributed by atoms with Crippen LogP contribution in [0.5, 0.6) is 5.75 Å². The van der Waals surface area contributed by atoms with Crippen molar-refractivity contribution in [1.29, 1.82) is 0 Å². The van der Waals surface area contributed by atoms with Crippen molar-refractivity contribution in [2.75, 3.05) is 20.2 Å². The molecule has 1 aliphatic rings. The van der Waals surface area contributed by atoms with Gasteiger partial charge in [0.1, 0.15) is 5.75 Å². The Morgan fingerprint density at radius 3 is 2.50 bits per heavy atom. The van der Waals surface area contributed by atoms with Gasteiger partial charge in [0.2, 0.25) is 0 Å². The topological polar surface area (TPSA) is 113 Å². The lowest BCUT2D eigenvalue weighted by Gasteiger charge is -2.17. The average Bonchev–Trinajstić information content (AvgIpc) is 2.77. The number of β-amino-alcohol motifs (C(OH)–C–C–N with tert-alkyl or cyclic N) is 2. The van der Waals surface area contributed by atoms with E-state index < -0.39 is 23.0 Å². The molecule has 0 unspecified atom stereocenters. The number of nitro benzene ring substituents is 1. The molecule has 2 N–H and O–H groups in total. The Hall–Kier alpha value is -2.19. The summed E-state index contributed by atoms with van der Waals surface area (Å²) in [4.78, 5) is 23.7. The summed E-state index contributed by atoms with van der Waals surface area (Å²) in [5.74, 6) is -0.322. The maximum absolute atomic E-state index is 12.3. The Morgan fingerprint density at radius 1 is 1.40 bits per heavy atom. The molecule has 0 radical (unpaired) electrons. The van der Waals surface area contributed by atoms with Gasteiger partial charge in [0.05, 0.1) is 29.8 Å². The highest BCUT2D eigenvalue weighted by molar-refractivity contribution is 5.97. The first kappa shape index (κ1) is 14.2. The summed E-state index contributed by atoms with van der Waals surface area (Å²) in [6, 6.07) is 3.70. The fourth-order valence-corrected chi connectivity index (χ4v) is 2.08. The van der Waals surface area contributed by atoms with Crippen LogP contribution in [0.3, 0.4) is 0 Å². The highest BCUT2D eigenvalue weighted by atomic mass is 16.6. The van der Waals surface area contributed by atoms with Gasteiger partial charge >= 0.3 is 0 Å². The summed E-state index contributed by atoms with van der Waals surface area (Å²) in [7, 11) is 1.35. The number of carbonyl (C=O) groups is 1. The van der Waals surface area contributed by atoms with Gasteiger partial charge in [-0.2, -0.15) is 0 Å². The number of ether oxygens (including phenoxy) is 1. The van der Waals surface area contributed by atoms with Gasteiger partial charge < -0.3 is 19.8 Å². The second-order valence-electron chi connectivity index (χ2n) is 4.49. The minimum Gasteiger partial charge on any atom is -0.496 e. The molecule has 0 aliphatic carbocycles. The molecule has 1 heterocycles. The summed E-state index contributed by atoms with van der Waals surface area (Å²) in [5.41, 5.74) is -0.197. The number of hydrogen-bond acceptors (Lipinski definition) is 6. The van der Waals surface area contributed by atoms with Crippen molar-refractivity contribution in [2.45, 2.75) is 12.2 Å². The molecule has 1 aromatic rings. The van der Waals surface area contributed by atoms with Crippen LogP contribution >= 0.6 is 0 Å². The Kier molecular flexibility index (Phi) is 3.86. The van der Waals surface area contributed by atoms with Crippen molar-refractivity contribution in [1.82, 2.24) is 4.90 Å². The third-order valence-corrected chi connectivity index (χ3v) is 3.17. The predicted octanol–water partition coefficient (Wildman–Crippen LogP) is -0.219. The quantitative estimate of drug-likeness (QED) is 0.585. The number of carbonyl (C=O) groups excluding carboxylic acids is 1. The van der Waals surface area contributed by atoms with Crippen molar-refractivity contribution >= 4 is 11.6 Å². The number of rotatable bonds is 3. The number of nitrogens with zero attached hydrogens (tertiary/aromatic N) is 2. The average molecular weight is 282 g/mol. The van der Waals surface area contributed by atoms with E-state index in [0.29, 0.717) is 0 Å². The highest BCUT2D eigenvalue weighted by Gasteiger charge is 2.34. The first-order chi connectivity index (χ1) is 9.43. The Morgan fingerprint density at radius 2 is 2.00 bits per heavy atom. The fourth-order valence-electron chi connectivity index (χ4n) is 2.08. The molecule has 1 amide bonds. The van der Waals surface area contributed by atoms with Crippen LogP contribution in [-0.2, 0) is 0 Å². The molecule has 2 rings (SSSR count). The van der Waals surface area contributed by atoms with E-state index in [2.05, 4.69) is 0 Å². The van der Waals surface area contributed by atoms with E-state index in [0.717, 1.165) is 6.07 Å². The lowest BCUT2D eigenvalue weighted by atomic mass is 10.1. The van der Waals surface area contributed by atoms with Crippen LogP contribution in [0.15, 0.2) is 18.2 Å². The van der Waals surface area contributed by atoms with Crippen LogP contribution in [0, 0.1) is 10.1 Å². The maximum atomic E-state index is 12.3. The number of hydrogen-bond donors (Lipinski definition) is 2. The molecule has 2 atom stereocenters. The minimum atomic E-state index is -1.01. The Labute approximate surface area is 114 Å². The van der Waals surface area contributed by atoms with Crippen LogP contribution < -0.4 is 4.74 Å². The molecule has 8 nitrogen and oxygen atoms in total. The van der Waals surface area contributed by atoms with E-state index in [1.807, 2.05) is 0 Å². The molecule has 1 aliphatic heterocycles. The zero-order valence-electron chi connectivity index (χ0n) is 10.7. The van der Waals surface area contributed by atoms with E-state index in [4.69, 9.17) is 4.74 Å². The van der Waals surface area contributed by atoms with Crippen LogP contribution in [-0.4, -0.2) is 58.4 Å². The van der Waals surface area contributed by atoms with Gasteiger partial charge in [0, 0.05) is 25.2 Å². The van der Waals surface area contributed by atoms with Gasteiger partial charge in [-0.1, -0.05) is 0 Å². The molecule has 0 saturated carbocycles. The van der Waals surface area contributed by atoms with Gasteiger partial charge in [0.25, 0.3) is 11.6 Å². The second-order valence-corrected chi connectivity index (χ2v) is 4.49. The number of aliphatic hydroxyl groups excluding tert-OH is 2. The molecule has 0 bridgehead atoms. The third-order valence-electron chi connectivity index (χ3n) is 3.17. The molecule has 20 heavy (non-hydrogen) atoms. The number of amides is 1. The van der Waals surface area contributed by atoms with E-state index in [1.54, 1.807) is 0 Å². The predicted molar refractivity (Wildman–Crippen MR) is 67.6 cm³/mol. The lowest BCUT2D eigenvalue weighted by molar-refractivity contribution is -0.384. The maximum Gasteiger partial charge on any atom is 0.270 e. The molecule has 0 aromatic heterocycles.